The molecule has 0 aliphatic carbocycles. The number of morpholine rings is 1. The summed E-state index contributed by atoms with van der Waals surface area (Å²) in [6.45, 7) is 11.3. The van der Waals surface area contributed by atoms with Gasteiger partial charge in [0.2, 0.25) is 5.91 Å². The zero-order valence-corrected chi connectivity index (χ0v) is 19.4. The summed E-state index contributed by atoms with van der Waals surface area (Å²) in [5, 5.41) is 6.14. The van der Waals surface area contributed by atoms with Gasteiger partial charge in [-0.2, -0.15) is 0 Å². The van der Waals surface area contributed by atoms with Gasteiger partial charge in [-0.05, 0) is 51.7 Å². The molecule has 7 heteroatoms. The van der Waals surface area contributed by atoms with Crippen LogP contribution in [0.1, 0.15) is 53.4 Å². The number of ether oxygens (including phenoxy) is 1. The monoisotopic (exact) mass is 430 g/mol. The number of carbonyl (C=O) groups excluding carboxylic acids is 2. The third-order valence-corrected chi connectivity index (χ3v) is 6.39. The van der Waals surface area contributed by atoms with Crippen LogP contribution in [-0.2, 0) is 9.53 Å². The molecule has 2 aliphatic rings. The number of piperidine rings is 1. The standard InChI is InChI=1S/C24H38N4O3/c1-5-19(6-2)23(29)27-13-11-20(12-14-27)25-24(30)26-21-9-7-8-10-22(21)28-15-17(3)31-18(4)16-28/h7-10,17-20H,5-6,11-16H2,1-4H3,(H2,25,26,30)/t17-,18+. The zero-order chi connectivity index (χ0) is 22.4. The Morgan fingerprint density at radius 1 is 1.06 bits per heavy atom. The van der Waals surface area contributed by atoms with Crippen LogP contribution in [0.4, 0.5) is 16.2 Å². The molecule has 2 N–H and O–H groups in total. The van der Waals surface area contributed by atoms with Gasteiger partial charge in [0.25, 0.3) is 0 Å². The number of nitrogens with zero attached hydrogens (tertiary/aromatic N) is 2. The Labute approximate surface area is 186 Å². The van der Waals surface area contributed by atoms with Crippen molar-refractivity contribution in [2.75, 3.05) is 36.4 Å². The summed E-state index contributed by atoms with van der Waals surface area (Å²) in [5.74, 6) is 0.380. The predicted molar refractivity (Wildman–Crippen MR) is 124 cm³/mol. The summed E-state index contributed by atoms with van der Waals surface area (Å²) in [7, 11) is 0. The first kappa shape index (κ1) is 23.4. The lowest BCUT2D eigenvalue weighted by molar-refractivity contribution is -0.136. The quantitative estimate of drug-likeness (QED) is 0.719. The van der Waals surface area contributed by atoms with Gasteiger partial charge in [-0.25, -0.2) is 4.79 Å². The van der Waals surface area contributed by atoms with Crippen LogP contribution in [0.15, 0.2) is 24.3 Å². The highest BCUT2D eigenvalue weighted by Gasteiger charge is 2.28. The molecule has 3 rings (SSSR count). The highest BCUT2D eigenvalue weighted by molar-refractivity contribution is 5.93. The molecule has 3 amide bonds. The van der Waals surface area contributed by atoms with Crippen molar-refractivity contribution in [3.63, 3.8) is 0 Å². The van der Waals surface area contributed by atoms with E-state index >= 15 is 0 Å². The van der Waals surface area contributed by atoms with E-state index in [-0.39, 0.29) is 36.1 Å². The van der Waals surface area contributed by atoms with Crippen LogP contribution in [0.2, 0.25) is 0 Å². The van der Waals surface area contributed by atoms with E-state index in [1.54, 1.807) is 0 Å². The number of likely N-dealkylation sites (tertiary alicyclic amines) is 1. The number of hydrogen-bond acceptors (Lipinski definition) is 4. The highest BCUT2D eigenvalue weighted by Crippen LogP contribution is 2.28. The van der Waals surface area contributed by atoms with Crippen molar-refractivity contribution < 1.29 is 14.3 Å². The number of urea groups is 1. The van der Waals surface area contributed by atoms with E-state index in [1.807, 2.05) is 29.2 Å². The molecule has 0 bridgehead atoms. The number of amides is 3. The fourth-order valence-electron chi connectivity index (χ4n) is 4.71. The Kier molecular flexibility index (Phi) is 8.18. The summed E-state index contributed by atoms with van der Waals surface area (Å²) in [6.07, 6.45) is 3.65. The SMILES string of the molecule is CCC(CC)C(=O)N1CCC(NC(=O)Nc2ccccc2N2C[C@@H](C)O[C@@H](C)C2)CC1. The van der Waals surface area contributed by atoms with Gasteiger partial charge < -0.3 is 25.2 Å². The van der Waals surface area contributed by atoms with E-state index in [0.29, 0.717) is 13.1 Å². The summed E-state index contributed by atoms with van der Waals surface area (Å²) >= 11 is 0. The molecule has 2 aliphatic heterocycles. The van der Waals surface area contributed by atoms with Crippen LogP contribution < -0.4 is 15.5 Å². The third-order valence-electron chi connectivity index (χ3n) is 6.39. The van der Waals surface area contributed by atoms with Gasteiger partial charge in [0.15, 0.2) is 0 Å². The Morgan fingerprint density at radius 2 is 1.68 bits per heavy atom. The molecule has 0 spiro atoms. The lowest BCUT2D eigenvalue weighted by Crippen LogP contribution is -2.49. The molecule has 31 heavy (non-hydrogen) atoms. The first-order valence-corrected chi connectivity index (χ1v) is 11.8. The number of nitrogens with one attached hydrogen (secondary N) is 2. The number of benzene rings is 1. The van der Waals surface area contributed by atoms with Crippen molar-refractivity contribution in [1.82, 2.24) is 10.2 Å². The van der Waals surface area contributed by atoms with Gasteiger partial charge in [0.05, 0.1) is 23.6 Å². The maximum absolute atomic E-state index is 12.7. The second-order valence-corrected chi connectivity index (χ2v) is 8.89. The maximum atomic E-state index is 12.7. The van der Waals surface area contributed by atoms with E-state index in [0.717, 1.165) is 50.1 Å². The Bertz CT molecular complexity index is 734. The van der Waals surface area contributed by atoms with Gasteiger partial charge >= 0.3 is 6.03 Å². The summed E-state index contributed by atoms with van der Waals surface area (Å²) < 4.78 is 5.84. The second kappa shape index (κ2) is 10.8. The van der Waals surface area contributed by atoms with Crippen molar-refractivity contribution in [3.8, 4) is 0 Å². The van der Waals surface area contributed by atoms with E-state index < -0.39 is 0 Å². The molecule has 2 saturated heterocycles. The van der Waals surface area contributed by atoms with Crippen molar-refractivity contribution in [2.24, 2.45) is 5.92 Å². The zero-order valence-electron chi connectivity index (χ0n) is 19.4. The number of hydrogen-bond donors (Lipinski definition) is 2. The Morgan fingerprint density at radius 3 is 2.29 bits per heavy atom. The molecule has 1 aromatic rings. The minimum Gasteiger partial charge on any atom is -0.372 e. The van der Waals surface area contributed by atoms with Crippen molar-refractivity contribution in [1.29, 1.82) is 0 Å². The van der Waals surface area contributed by atoms with Crippen LogP contribution in [-0.4, -0.2) is 61.3 Å². The number of para-hydroxylation sites is 2. The molecule has 0 saturated carbocycles. The molecule has 2 atom stereocenters. The van der Waals surface area contributed by atoms with E-state index in [1.165, 1.54) is 0 Å². The topological polar surface area (TPSA) is 73.9 Å². The minimum atomic E-state index is -0.188. The number of carbonyl (C=O) groups is 2. The molecule has 1 aromatic carbocycles. The number of anilines is 2. The Hall–Kier alpha value is -2.28. The van der Waals surface area contributed by atoms with Gasteiger partial charge in [-0.3, -0.25) is 4.79 Å². The molecular formula is C24H38N4O3. The molecule has 2 fully saturated rings. The smallest absolute Gasteiger partial charge is 0.319 e. The highest BCUT2D eigenvalue weighted by atomic mass is 16.5. The van der Waals surface area contributed by atoms with Crippen LogP contribution in [0, 0.1) is 5.92 Å². The Balaban J connectivity index is 1.54. The largest absolute Gasteiger partial charge is 0.372 e. The van der Waals surface area contributed by atoms with Gasteiger partial charge in [0.1, 0.15) is 0 Å². The van der Waals surface area contributed by atoms with Crippen molar-refractivity contribution in [2.45, 2.75) is 71.6 Å². The molecule has 7 nitrogen and oxygen atoms in total. The molecule has 172 valence electrons. The van der Waals surface area contributed by atoms with E-state index in [2.05, 4.69) is 43.2 Å². The first-order valence-electron chi connectivity index (χ1n) is 11.8. The summed E-state index contributed by atoms with van der Waals surface area (Å²) in [5.41, 5.74) is 1.83. The summed E-state index contributed by atoms with van der Waals surface area (Å²) in [6, 6.07) is 7.82. The van der Waals surface area contributed by atoms with E-state index in [4.69, 9.17) is 4.74 Å². The van der Waals surface area contributed by atoms with Crippen molar-refractivity contribution >= 4 is 23.3 Å². The van der Waals surface area contributed by atoms with Crippen LogP contribution in [0.25, 0.3) is 0 Å². The molecular weight excluding hydrogens is 392 g/mol. The van der Waals surface area contributed by atoms with E-state index in [9.17, 15) is 9.59 Å². The second-order valence-electron chi connectivity index (χ2n) is 8.89. The first-order chi connectivity index (χ1) is 14.9. The molecule has 2 heterocycles. The lowest BCUT2D eigenvalue weighted by atomic mass is 9.98. The molecule has 0 radical (unpaired) electrons. The minimum absolute atomic E-state index is 0.0846. The predicted octanol–water partition coefficient (Wildman–Crippen LogP) is 3.85. The van der Waals surface area contributed by atoms with Gasteiger partial charge in [-0.1, -0.05) is 26.0 Å². The molecule has 0 aromatic heterocycles. The average Bonchev–Trinajstić information content (AvgIpc) is 2.74. The normalized spacial score (nSPS) is 22.5. The molecule has 0 unspecified atom stereocenters. The fraction of sp³-hybridized carbons (Fsp3) is 0.667. The lowest BCUT2D eigenvalue weighted by Gasteiger charge is -2.37. The van der Waals surface area contributed by atoms with Crippen LogP contribution in [0.3, 0.4) is 0 Å². The number of rotatable bonds is 6. The third kappa shape index (κ3) is 6.12. The fourth-order valence-corrected chi connectivity index (χ4v) is 4.71. The maximum Gasteiger partial charge on any atom is 0.319 e. The summed E-state index contributed by atoms with van der Waals surface area (Å²) in [4.78, 5) is 29.5. The van der Waals surface area contributed by atoms with Gasteiger partial charge in [0, 0.05) is 38.1 Å². The average molecular weight is 431 g/mol. The van der Waals surface area contributed by atoms with Gasteiger partial charge in [-0.15, -0.1) is 0 Å². The van der Waals surface area contributed by atoms with Crippen molar-refractivity contribution in [3.05, 3.63) is 24.3 Å². The van der Waals surface area contributed by atoms with Crippen LogP contribution in [0.5, 0.6) is 0 Å². The van der Waals surface area contributed by atoms with Crippen LogP contribution >= 0.6 is 0 Å².